The normalized spacial score (nSPS) is 17.4. The number of thiophene rings is 1. The van der Waals surface area contributed by atoms with Gasteiger partial charge in [-0.25, -0.2) is 0 Å². The molecule has 8 rings (SSSR count). The molecule has 0 bridgehead atoms. The summed E-state index contributed by atoms with van der Waals surface area (Å²) in [5, 5.41) is 6.94. The molecule has 1 aromatic heterocycles. The molecule has 0 fully saturated rings. The highest BCUT2D eigenvalue weighted by Crippen LogP contribution is 2.50. The van der Waals surface area contributed by atoms with Crippen molar-refractivity contribution in [1.29, 1.82) is 0 Å². The number of rotatable bonds is 5. The third-order valence-corrected chi connectivity index (χ3v) is 11.5. The topological polar surface area (TPSA) is 0 Å². The van der Waals surface area contributed by atoms with Gasteiger partial charge in [0.25, 0.3) is 0 Å². The van der Waals surface area contributed by atoms with Gasteiger partial charge in [0.05, 0.1) is 0 Å². The van der Waals surface area contributed by atoms with E-state index in [0.717, 1.165) is 56.0 Å². The SMILES string of the molecule is C=C(/C=c1/ccccc1=C)C1=c2cccc/c2=C(C(=C)c2cc3c(cc2C2=Cc4ccccc4C2(C)C)sc2ccccc23)/C=C/CCC=C1. The summed E-state index contributed by atoms with van der Waals surface area (Å²) in [6, 6.07) is 39.4. The van der Waals surface area contributed by atoms with Crippen LogP contribution in [0.5, 0.6) is 0 Å². The van der Waals surface area contributed by atoms with Crippen LogP contribution < -0.4 is 20.9 Å². The van der Waals surface area contributed by atoms with Crippen LogP contribution in [0.1, 0.15) is 48.9 Å². The highest BCUT2D eigenvalue weighted by molar-refractivity contribution is 7.25. The number of allylic oxidation sites excluding steroid dienone is 7. The van der Waals surface area contributed by atoms with E-state index in [1.54, 1.807) is 0 Å². The summed E-state index contributed by atoms with van der Waals surface area (Å²) in [6.45, 7) is 18.5. The van der Waals surface area contributed by atoms with E-state index in [2.05, 4.69) is 161 Å². The Hall–Kier alpha value is -5.50. The second-order valence-corrected chi connectivity index (χ2v) is 14.9. The first kappa shape index (κ1) is 31.7. The number of benzene rings is 5. The Morgan fingerprint density at radius 1 is 0.700 bits per heavy atom. The van der Waals surface area contributed by atoms with Gasteiger partial charge in [-0.05, 0) is 114 Å². The van der Waals surface area contributed by atoms with Crippen molar-refractivity contribution in [3.63, 3.8) is 0 Å². The largest absolute Gasteiger partial charge is 0.135 e. The molecule has 0 saturated heterocycles. The number of fused-ring (bicyclic) bond motifs is 5. The predicted octanol–water partition coefficient (Wildman–Crippen LogP) is 10.3. The van der Waals surface area contributed by atoms with Gasteiger partial charge < -0.3 is 0 Å². The molecule has 2 aliphatic rings. The second-order valence-electron chi connectivity index (χ2n) is 13.9. The Bertz CT molecular complexity index is 2720. The molecule has 242 valence electrons. The van der Waals surface area contributed by atoms with E-state index in [0.29, 0.717) is 0 Å². The van der Waals surface area contributed by atoms with Crippen molar-refractivity contribution in [2.24, 2.45) is 0 Å². The Morgan fingerprint density at radius 2 is 1.36 bits per heavy atom. The fourth-order valence-corrected chi connectivity index (χ4v) is 8.81. The van der Waals surface area contributed by atoms with Gasteiger partial charge in [-0.1, -0.05) is 149 Å². The Balaban J connectivity index is 1.42. The highest BCUT2D eigenvalue weighted by atomic mass is 32.1. The van der Waals surface area contributed by atoms with Crippen LogP contribution in [0, 0.1) is 0 Å². The molecule has 6 aromatic rings. The molecule has 50 heavy (non-hydrogen) atoms. The molecule has 1 heterocycles. The number of hydrogen-bond donors (Lipinski definition) is 0. The molecule has 0 spiro atoms. The van der Waals surface area contributed by atoms with E-state index < -0.39 is 0 Å². The summed E-state index contributed by atoms with van der Waals surface area (Å²) in [5.41, 5.74) is 10.5. The fourth-order valence-electron chi connectivity index (χ4n) is 7.69. The lowest BCUT2D eigenvalue weighted by Crippen LogP contribution is -2.30. The fraction of sp³-hybridized carbons (Fsp3) is 0.102. The standard InChI is InChI=1S/C49H40S/c1-32-18-10-11-19-35(32)28-33(2)37-21-8-6-7-9-22-38(40-24-14-13-23-39(37)40)34(3)42-30-44-41-25-15-17-27-47(41)50-48(44)31-43(42)46-29-36-20-12-16-26-45(36)49(46,4)5/h8-31H,1-3,6-7H2,4-5H3/b21-8?,22-9+,35-28-,39-37?,40-38+. The van der Waals surface area contributed by atoms with Crippen molar-refractivity contribution in [3.8, 4) is 0 Å². The van der Waals surface area contributed by atoms with Crippen molar-refractivity contribution >= 4 is 72.5 Å². The second kappa shape index (κ2) is 12.8. The van der Waals surface area contributed by atoms with Crippen LogP contribution >= 0.6 is 11.3 Å². The maximum Gasteiger partial charge on any atom is 0.0361 e. The van der Waals surface area contributed by atoms with Crippen molar-refractivity contribution in [2.45, 2.75) is 32.1 Å². The summed E-state index contributed by atoms with van der Waals surface area (Å²) < 4.78 is 2.61. The molecular weight excluding hydrogens is 621 g/mol. The minimum Gasteiger partial charge on any atom is -0.135 e. The van der Waals surface area contributed by atoms with Gasteiger partial charge in [0.15, 0.2) is 0 Å². The van der Waals surface area contributed by atoms with Gasteiger partial charge in [-0.2, -0.15) is 0 Å². The summed E-state index contributed by atoms with van der Waals surface area (Å²) in [7, 11) is 0. The lowest BCUT2D eigenvalue weighted by molar-refractivity contribution is 0.704. The third-order valence-electron chi connectivity index (χ3n) is 10.4. The van der Waals surface area contributed by atoms with Crippen LogP contribution in [-0.2, 0) is 5.41 Å². The smallest absolute Gasteiger partial charge is 0.0361 e. The Morgan fingerprint density at radius 3 is 2.14 bits per heavy atom. The van der Waals surface area contributed by atoms with Crippen molar-refractivity contribution < 1.29 is 0 Å². The van der Waals surface area contributed by atoms with Crippen LogP contribution in [0.25, 0.3) is 61.2 Å². The molecule has 0 amide bonds. The lowest BCUT2D eigenvalue weighted by atomic mass is 9.76. The minimum atomic E-state index is -0.158. The van der Waals surface area contributed by atoms with E-state index in [4.69, 9.17) is 6.58 Å². The van der Waals surface area contributed by atoms with E-state index in [9.17, 15) is 0 Å². The zero-order chi connectivity index (χ0) is 34.4. The maximum atomic E-state index is 4.95. The van der Waals surface area contributed by atoms with Crippen LogP contribution in [0.4, 0.5) is 0 Å². The quantitative estimate of drug-likeness (QED) is 0.173. The van der Waals surface area contributed by atoms with Crippen LogP contribution in [0.2, 0.25) is 0 Å². The van der Waals surface area contributed by atoms with E-state index >= 15 is 0 Å². The van der Waals surface area contributed by atoms with Crippen LogP contribution in [-0.4, -0.2) is 0 Å². The highest BCUT2D eigenvalue weighted by Gasteiger charge is 2.35. The molecule has 0 unspecified atom stereocenters. The molecule has 0 nitrogen and oxygen atoms in total. The van der Waals surface area contributed by atoms with Crippen LogP contribution in [0.3, 0.4) is 0 Å². The first-order chi connectivity index (χ1) is 24.3. The van der Waals surface area contributed by atoms with E-state index in [1.165, 1.54) is 48.0 Å². The minimum absolute atomic E-state index is 0.158. The van der Waals surface area contributed by atoms with Crippen LogP contribution in [0.15, 0.2) is 152 Å². The molecule has 0 atom stereocenters. The monoisotopic (exact) mass is 660 g/mol. The first-order valence-electron chi connectivity index (χ1n) is 17.4. The molecule has 5 aromatic carbocycles. The molecule has 0 radical (unpaired) electrons. The molecule has 0 aliphatic heterocycles. The summed E-state index contributed by atoms with van der Waals surface area (Å²) in [6.07, 6.45) is 15.6. The summed E-state index contributed by atoms with van der Waals surface area (Å²) >= 11 is 1.87. The molecule has 0 saturated carbocycles. The average molecular weight is 661 g/mol. The van der Waals surface area contributed by atoms with Crippen molar-refractivity contribution in [1.82, 2.24) is 0 Å². The molecule has 0 N–H and O–H groups in total. The van der Waals surface area contributed by atoms with Gasteiger partial charge in [0.1, 0.15) is 0 Å². The van der Waals surface area contributed by atoms with Gasteiger partial charge >= 0.3 is 0 Å². The first-order valence-corrected chi connectivity index (χ1v) is 18.2. The average Bonchev–Trinajstić information content (AvgIpc) is 3.63. The Kier molecular flexibility index (Phi) is 8.10. The molecule has 2 aliphatic carbocycles. The third kappa shape index (κ3) is 5.49. The van der Waals surface area contributed by atoms with Gasteiger partial charge in [-0.15, -0.1) is 11.3 Å². The lowest BCUT2D eigenvalue weighted by Gasteiger charge is -2.27. The van der Waals surface area contributed by atoms with E-state index in [-0.39, 0.29) is 5.41 Å². The zero-order valence-electron chi connectivity index (χ0n) is 28.8. The summed E-state index contributed by atoms with van der Waals surface area (Å²) in [5.74, 6) is 0. The Labute approximate surface area is 298 Å². The predicted molar refractivity (Wildman–Crippen MR) is 221 cm³/mol. The van der Waals surface area contributed by atoms with E-state index in [1.807, 2.05) is 23.5 Å². The summed E-state index contributed by atoms with van der Waals surface area (Å²) in [4.78, 5) is 0. The van der Waals surface area contributed by atoms with Gasteiger partial charge in [0.2, 0.25) is 0 Å². The molecular formula is C49H40S. The maximum absolute atomic E-state index is 4.95. The van der Waals surface area contributed by atoms with Crippen molar-refractivity contribution in [3.05, 3.63) is 195 Å². The van der Waals surface area contributed by atoms with Gasteiger partial charge in [-0.3, -0.25) is 0 Å². The van der Waals surface area contributed by atoms with Gasteiger partial charge in [0, 0.05) is 25.6 Å². The number of hydrogen-bond acceptors (Lipinski definition) is 1. The van der Waals surface area contributed by atoms with Crippen molar-refractivity contribution in [2.75, 3.05) is 0 Å². The zero-order valence-corrected chi connectivity index (χ0v) is 29.6. The molecule has 1 heteroatoms.